The standard InChI is InChI=1S/C17H26N2O3/c1-3-13(2)19-17(20)11-18-14-6-8-15(9-7-14)22-12-16-5-4-10-21-16/h6-9,13,16,18H,3-5,10-12H2,1-2H3,(H,19,20). The Kier molecular flexibility index (Phi) is 6.52. The second-order valence-corrected chi connectivity index (χ2v) is 5.70. The predicted octanol–water partition coefficient (Wildman–Crippen LogP) is 2.57. The van der Waals surface area contributed by atoms with Gasteiger partial charge in [0.05, 0.1) is 12.6 Å². The first-order valence-electron chi connectivity index (χ1n) is 8.05. The number of anilines is 1. The fourth-order valence-electron chi connectivity index (χ4n) is 2.24. The smallest absolute Gasteiger partial charge is 0.239 e. The van der Waals surface area contributed by atoms with Crippen molar-refractivity contribution in [2.45, 2.75) is 45.3 Å². The van der Waals surface area contributed by atoms with E-state index in [-0.39, 0.29) is 24.6 Å². The molecule has 1 aromatic rings. The van der Waals surface area contributed by atoms with Gasteiger partial charge in [-0.25, -0.2) is 0 Å². The second-order valence-electron chi connectivity index (χ2n) is 5.70. The number of ether oxygens (including phenoxy) is 2. The van der Waals surface area contributed by atoms with Gasteiger partial charge < -0.3 is 20.1 Å². The summed E-state index contributed by atoms with van der Waals surface area (Å²) in [4.78, 5) is 11.7. The lowest BCUT2D eigenvalue weighted by Gasteiger charge is -2.13. The van der Waals surface area contributed by atoms with Crippen molar-refractivity contribution in [2.75, 3.05) is 25.1 Å². The molecular weight excluding hydrogens is 280 g/mol. The summed E-state index contributed by atoms with van der Waals surface area (Å²) < 4.78 is 11.2. The van der Waals surface area contributed by atoms with Crippen molar-refractivity contribution >= 4 is 11.6 Å². The van der Waals surface area contributed by atoms with Crippen LogP contribution in [0.15, 0.2) is 24.3 Å². The number of benzene rings is 1. The molecule has 1 aliphatic rings. The predicted molar refractivity (Wildman–Crippen MR) is 87.3 cm³/mol. The van der Waals surface area contributed by atoms with E-state index in [9.17, 15) is 4.79 Å². The van der Waals surface area contributed by atoms with Crippen molar-refractivity contribution in [3.63, 3.8) is 0 Å². The first kappa shape index (κ1) is 16.6. The van der Waals surface area contributed by atoms with E-state index in [1.165, 1.54) is 0 Å². The van der Waals surface area contributed by atoms with E-state index in [1.807, 2.05) is 38.1 Å². The van der Waals surface area contributed by atoms with Gasteiger partial charge in [0.15, 0.2) is 0 Å². The van der Waals surface area contributed by atoms with Crippen molar-refractivity contribution in [3.05, 3.63) is 24.3 Å². The molecule has 2 unspecified atom stereocenters. The summed E-state index contributed by atoms with van der Waals surface area (Å²) in [6.45, 7) is 5.77. The SMILES string of the molecule is CCC(C)NC(=O)CNc1ccc(OCC2CCCO2)cc1. The summed E-state index contributed by atoms with van der Waals surface area (Å²) in [7, 11) is 0. The summed E-state index contributed by atoms with van der Waals surface area (Å²) in [5.74, 6) is 0.832. The molecule has 5 nitrogen and oxygen atoms in total. The number of amides is 1. The van der Waals surface area contributed by atoms with Crippen molar-refractivity contribution in [1.82, 2.24) is 5.32 Å². The molecule has 2 N–H and O–H groups in total. The molecule has 1 saturated heterocycles. The van der Waals surface area contributed by atoms with Crippen LogP contribution in [0.1, 0.15) is 33.1 Å². The average molecular weight is 306 g/mol. The lowest BCUT2D eigenvalue weighted by molar-refractivity contribution is -0.120. The molecule has 2 atom stereocenters. The maximum Gasteiger partial charge on any atom is 0.239 e. The van der Waals surface area contributed by atoms with E-state index < -0.39 is 0 Å². The first-order valence-corrected chi connectivity index (χ1v) is 8.05. The molecule has 1 amide bonds. The highest BCUT2D eigenvalue weighted by Gasteiger charge is 2.15. The quantitative estimate of drug-likeness (QED) is 0.775. The molecule has 0 spiro atoms. The number of hydrogen-bond acceptors (Lipinski definition) is 4. The minimum Gasteiger partial charge on any atom is -0.491 e. The number of rotatable bonds is 8. The van der Waals surface area contributed by atoms with Crippen LogP contribution < -0.4 is 15.4 Å². The normalized spacial score (nSPS) is 18.7. The molecule has 0 saturated carbocycles. The van der Waals surface area contributed by atoms with Crippen molar-refractivity contribution in [3.8, 4) is 5.75 Å². The molecule has 122 valence electrons. The zero-order valence-corrected chi connectivity index (χ0v) is 13.4. The Bertz CT molecular complexity index is 455. The van der Waals surface area contributed by atoms with E-state index in [0.29, 0.717) is 6.61 Å². The van der Waals surface area contributed by atoms with Crippen LogP contribution in [-0.2, 0) is 9.53 Å². The van der Waals surface area contributed by atoms with Crippen molar-refractivity contribution in [1.29, 1.82) is 0 Å². The number of carbonyl (C=O) groups excluding carboxylic acids is 1. The van der Waals surface area contributed by atoms with Gasteiger partial charge in [0.1, 0.15) is 12.4 Å². The van der Waals surface area contributed by atoms with Gasteiger partial charge in [0, 0.05) is 18.3 Å². The van der Waals surface area contributed by atoms with E-state index in [1.54, 1.807) is 0 Å². The Hall–Kier alpha value is -1.75. The molecular formula is C17H26N2O3. The van der Waals surface area contributed by atoms with Gasteiger partial charge in [-0.05, 0) is 50.5 Å². The van der Waals surface area contributed by atoms with E-state index >= 15 is 0 Å². The van der Waals surface area contributed by atoms with Crippen LogP contribution in [0.4, 0.5) is 5.69 Å². The zero-order chi connectivity index (χ0) is 15.8. The first-order chi connectivity index (χ1) is 10.7. The van der Waals surface area contributed by atoms with Gasteiger partial charge in [-0.15, -0.1) is 0 Å². The summed E-state index contributed by atoms with van der Waals surface area (Å²) in [5.41, 5.74) is 0.906. The van der Waals surface area contributed by atoms with E-state index in [2.05, 4.69) is 10.6 Å². The van der Waals surface area contributed by atoms with Crippen LogP contribution in [-0.4, -0.2) is 37.8 Å². The Morgan fingerprint density at radius 1 is 1.41 bits per heavy atom. The highest BCUT2D eigenvalue weighted by Crippen LogP contribution is 2.18. The lowest BCUT2D eigenvalue weighted by Crippen LogP contribution is -2.36. The van der Waals surface area contributed by atoms with Gasteiger partial charge in [0.2, 0.25) is 5.91 Å². The van der Waals surface area contributed by atoms with E-state index in [4.69, 9.17) is 9.47 Å². The third-order valence-corrected chi connectivity index (χ3v) is 3.79. The molecule has 1 fully saturated rings. The number of hydrogen-bond donors (Lipinski definition) is 2. The van der Waals surface area contributed by atoms with Crippen LogP contribution in [0, 0.1) is 0 Å². The molecule has 0 aromatic heterocycles. The van der Waals surface area contributed by atoms with Crippen LogP contribution in [0.2, 0.25) is 0 Å². The van der Waals surface area contributed by atoms with Gasteiger partial charge in [-0.2, -0.15) is 0 Å². The third-order valence-electron chi connectivity index (χ3n) is 3.79. The Balaban J connectivity index is 1.70. The van der Waals surface area contributed by atoms with E-state index in [0.717, 1.165) is 37.3 Å². The summed E-state index contributed by atoms with van der Waals surface area (Å²) in [6, 6.07) is 7.86. The summed E-state index contributed by atoms with van der Waals surface area (Å²) in [6.07, 6.45) is 3.35. The molecule has 22 heavy (non-hydrogen) atoms. The second kappa shape index (κ2) is 8.63. The van der Waals surface area contributed by atoms with Crippen molar-refractivity contribution < 1.29 is 14.3 Å². The lowest BCUT2D eigenvalue weighted by atomic mass is 10.2. The van der Waals surface area contributed by atoms with Crippen LogP contribution >= 0.6 is 0 Å². The molecule has 0 aliphatic carbocycles. The largest absolute Gasteiger partial charge is 0.491 e. The summed E-state index contributed by atoms with van der Waals surface area (Å²) >= 11 is 0. The number of nitrogens with one attached hydrogen (secondary N) is 2. The highest BCUT2D eigenvalue weighted by atomic mass is 16.5. The average Bonchev–Trinajstić information content (AvgIpc) is 3.05. The Morgan fingerprint density at radius 3 is 2.82 bits per heavy atom. The summed E-state index contributed by atoms with van der Waals surface area (Å²) in [5, 5.41) is 6.03. The zero-order valence-electron chi connectivity index (χ0n) is 13.4. The van der Waals surface area contributed by atoms with Gasteiger partial charge >= 0.3 is 0 Å². The molecule has 2 rings (SSSR count). The topological polar surface area (TPSA) is 59.6 Å². The fourth-order valence-corrected chi connectivity index (χ4v) is 2.24. The third kappa shape index (κ3) is 5.56. The van der Waals surface area contributed by atoms with Gasteiger partial charge in [-0.1, -0.05) is 6.92 Å². The van der Waals surface area contributed by atoms with Gasteiger partial charge in [-0.3, -0.25) is 4.79 Å². The highest BCUT2D eigenvalue weighted by molar-refractivity contribution is 5.80. The maximum atomic E-state index is 11.7. The van der Waals surface area contributed by atoms with Gasteiger partial charge in [0.25, 0.3) is 0 Å². The van der Waals surface area contributed by atoms with Crippen LogP contribution in [0.3, 0.4) is 0 Å². The fraction of sp³-hybridized carbons (Fsp3) is 0.588. The molecule has 0 bridgehead atoms. The molecule has 0 radical (unpaired) electrons. The Labute approximate surface area is 132 Å². The number of carbonyl (C=O) groups is 1. The molecule has 1 aliphatic heterocycles. The van der Waals surface area contributed by atoms with Crippen molar-refractivity contribution in [2.24, 2.45) is 0 Å². The van der Waals surface area contributed by atoms with Crippen LogP contribution in [0.5, 0.6) is 5.75 Å². The monoisotopic (exact) mass is 306 g/mol. The minimum absolute atomic E-state index is 0.00746. The minimum atomic E-state index is 0.00746. The Morgan fingerprint density at radius 2 is 2.18 bits per heavy atom. The molecule has 1 aromatic carbocycles. The molecule has 1 heterocycles. The maximum absolute atomic E-state index is 11.7. The van der Waals surface area contributed by atoms with Crippen LogP contribution in [0.25, 0.3) is 0 Å². The molecule has 5 heteroatoms.